The Morgan fingerprint density at radius 3 is 2.62 bits per heavy atom. The number of likely N-dealkylation sites (tertiary alicyclic amines) is 1. The van der Waals surface area contributed by atoms with E-state index in [-0.39, 0.29) is 29.9 Å². The summed E-state index contributed by atoms with van der Waals surface area (Å²) in [5, 5.41) is 3.07. The van der Waals surface area contributed by atoms with Gasteiger partial charge in [-0.2, -0.15) is 0 Å². The summed E-state index contributed by atoms with van der Waals surface area (Å²) in [5.74, 6) is -0.147. The number of nitrogens with zero attached hydrogens (tertiary/aromatic N) is 2. The van der Waals surface area contributed by atoms with E-state index in [4.69, 9.17) is 21.1 Å². The van der Waals surface area contributed by atoms with Crippen LogP contribution in [0.15, 0.2) is 48.0 Å². The molecule has 3 amide bonds. The zero-order chi connectivity index (χ0) is 27.3. The van der Waals surface area contributed by atoms with E-state index in [0.717, 1.165) is 42.4 Å². The topological polar surface area (TPSA) is 88.2 Å². The molecule has 1 N–H and O–H groups in total. The van der Waals surface area contributed by atoms with Crippen molar-refractivity contribution in [3.63, 3.8) is 0 Å². The average Bonchev–Trinajstić information content (AvgIpc) is 3.19. The molecule has 4 aliphatic rings. The molecule has 2 saturated heterocycles. The van der Waals surface area contributed by atoms with Crippen LogP contribution in [-0.4, -0.2) is 71.5 Å². The first-order valence-corrected chi connectivity index (χ1v) is 13.8. The molecule has 0 saturated carbocycles. The third kappa shape index (κ3) is 5.33. The van der Waals surface area contributed by atoms with Gasteiger partial charge in [-0.05, 0) is 72.9 Å². The molecular weight excluding hydrogens is 518 g/mol. The second-order valence-corrected chi connectivity index (χ2v) is 11.9. The number of ether oxygens (including phenoxy) is 2. The van der Waals surface area contributed by atoms with E-state index in [9.17, 15) is 14.4 Å². The molecule has 0 aromatic heterocycles. The van der Waals surface area contributed by atoms with Crippen molar-refractivity contribution in [2.24, 2.45) is 0 Å². The Morgan fingerprint density at radius 1 is 1.10 bits per heavy atom. The Hall–Kier alpha value is -3.20. The van der Waals surface area contributed by atoms with Crippen LogP contribution in [0.4, 0.5) is 0 Å². The van der Waals surface area contributed by atoms with Crippen LogP contribution in [0.2, 0.25) is 5.02 Å². The molecule has 0 radical (unpaired) electrons. The molecule has 39 heavy (non-hydrogen) atoms. The fourth-order valence-electron chi connectivity index (χ4n) is 5.88. The normalized spacial score (nSPS) is 23.5. The van der Waals surface area contributed by atoms with Crippen molar-refractivity contribution in [2.45, 2.75) is 57.4 Å². The minimum Gasteiger partial charge on any atom is -0.488 e. The van der Waals surface area contributed by atoms with Crippen LogP contribution in [0.25, 0.3) is 5.57 Å². The van der Waals surface area contributed by atoms with Crippen molar-refractivity contribution in [3.05, 3.63) is 69.8 Å². The van der Waals surface area contributed by atoms with Crippen LogP contribution < -0.4 is 10.1 Å². The summed E-state index contributed by atoms with van der Waals surface area (Å²) in [7, 11) is 0. The molecule has 204 valence electrons. The standard InChI is InChI=1S/C30H32ClN3O5/c1-30(2)12-25(18-3-5-21(31)6-4-18)20(17-38-30)13-33-15-23(16-33)39-22-7-8-24-19(11-22)14-34(29(24)37)26-9-10-27(35)32-28(26)36/h3-8,11,23,26H,9-10,12-17H2,1-2H3,(H,32,35,36). The van der Waals surface area contributed by atoms with Gasteiger partial charge in [-0.3, -0.25) is 24.6 Å². The number of halogens is 1. The maximum atomic E-state index is 12.9. The second-order valence-electron chi connectivity index (χ2n) is 11.5. The Morgan fingerprint density at radius 2 is 1.87 bits per heavy atom. The molecule has 0 aliphatic carbocycles. The van der Waals surface area contributed by atoms with Crippen molar-refractivity contribution >= 4 is 34.9 Å². The van der Waals surface area contributed by atoms with E-state index in [2.05, 4.69) is 36.2 Å². The highest BCUT2D eigenvalue weighted by molar-refractivity contribution is 6.30. The Balaban J connectivity index is 1.08. The quantitative estimate of drug-likeness (QED) is 0.551. The largest absolute Gasteiger partial charge is 0.488 e. The number of imide groups is 1. The molecule has 1 unspecified atom stereocenters. The number of rotatable bonds is 6. The van der Waals surface area contributed by atoms with Gasteiger partial charge < -0.3 is 14.4 Å². The molecule has 8 nitrogen and oxygen atoms in total. The van der Waals surface area contributed by atoms with Crippen molar-refractivity contribution in [1.82, 2.24) is 15.1 Å². The lowest BCUT2D eigenvalue weighted by Crippen LogP contribution is -2.54. The highest BCUT2D eigenvalue weighted by atomic mass is 35.5. The van der Waals surface area contributed by atoms with Crippen molar-refractivity contribution in [3.8, 4) is 5.75 Å². The van der Waals surface area contributed by atoms with Crippen molar-refractivity contribution < 1.29 is 23.9 Å². The van der Waals surface area contributed by atoms with Gasteiger partial charge in [-0.15, -0.1) is 0 Å². The summed E-state index contributed by atoms with van der Waals surface area (Å²) >= 11 is 6.12. The summed E-state index contributed by atoms with van der Waals surface area (Å²) in [6.45, 7) is 7.64. The average molecular weight is 550 g/mol. The summed E-state index contributed by atoms with van der Waals surface area (Å²) < 4.78 is 12.4. The van der Waals surface area contributed by atoms with E-state index < -0.39 is 11.9 Å². The maximum Gasteiger partial charge on any atom is 0.255 e. The molecule has 2 aromatic carbocycles. The number of carbonyl (C=O) groups excluding carboxylic acids is 3. The van der Waals surface area contributed by atoms with Gasteiger partial charge in [0.1, 0.15) is 17.9 Å². The lowest BCUT2D eigenvalue weighted by molar-refractivity contribution is -0.136. The fourth-order valence-corrected chi connectivity index (χ4v) is 6.01. The molecule has 6 rings (SSSR count). The van der Waals surface area contributed by atoms with Crippen LogP contribution in [0.1, 0.15) is 54.6 Å². The van der Waals surface area contributed by atoms with Gasteiger partial charge >= 0.3 is 0 Å². The van der Waals surface area contributed by atoms with Crippen LogP contribution >= 0.6 is 11.6 Å². The predicted molar refractivity (Wildman–Crippen MR) is 146 cm³/mol. The SMILES string of the molecule is CC1(C)CC(c2ccc(Cl)cc2)=C(CN2CC(Oc3ccc4c(c3)CN(C3CCC(=O)NC3=O)C4=O)C2)CO1. The Labute approximate surface area is 232 Å². The minimum absolute atomic E-state index is 0.0620. The monoisotopic (exact) mass is 549 g/mol. The van der Waals surface area contributed by atoms with Gasteiger partial charge in [-0.25, -0.2) is 0 Å². The number of hydrogen-bond donors (Lipinski definition) is 1. The number of fused-ring (bicyclic) bond motifs is 1. The number of piperidine rings is 1. The molecule has 9 heteroatoms. The molecule has 2 fully saturated rings. The predicted octanol–water partition coefficient (Wildman–Crippen LogP) is 3.82. The number of carbonyl (C=O) groups is 3. The fraction of sp³-hybridized carbons (Fsp3) is 0.433. The molecule has 4 aliphatic heterocycles. The summed E-state index contributed by atoms with van der Waals surface area (Å²) in [6, 6.07) is 12.9. The summed E-state index contributed by atoms with van der Waals surface area (Å²) in [5.41, 5.74) is 5.04. The zero-order valence-electron chi connectivity index (χ0n) is 22.2. The van der Waals surface area contributed by atoms with Gasteiger partial charge in [-0.1, -0.05) is 23.7 Å². The van der Waals surface area contributed by atoms with E-state index in [1.54, 1.807) is 11.0 Å². The molecular formula is C30H32ClN3O5. The third-order valence-corrected chi connectivity index (χ3v) is 8.25. The van der Waals surface area contributed by atoms with E-state index in [0.29, 0.717) is 25.1 Å². The number of benzene rings is 2. The zero-order valence-corrected chi connectivity index (χ0v) is 22.9. The summed E-state index contributed by atoms with van der Waals surface area (Å²) in [6.07, 6.45) is 1.50. The molecule has 0 spiro atoms. The minimum atomic E-state index is -0.617. The number of amides is 3. The smallest absolute Gasteiger partial charge is 0.255 e. The molecule has 0 bridgehead atoms. The molecule has 1 atom stereocenters. The van der Waals surface area contributed by atoms with Crippen LogP contribution in [0, 0.1) is 0 Å². The van der Waals surface area contributed by atoms with E-state index >= 15 is 0 Å². The maximum absolute atomic E-state index is 12.9. The third-order valence-electron chi connectivity index (χ3n) is 7.99. The van der Waals surface area contributed by atoms with Gasteiger partial charge in [0.25, 0.3) is 5.91 Å². The van der Waals surface area contributed by atoms with Crippen LogP contribution in [0.3, 0.4) is 0 Å². The first kappa shape index (κ1) is 26.0. The first-order valence-electron chi connectivity index (χ1n) is 13.4. The van der Waals surface area contributed by atoms with Gasteiger partial charge in [0.2, 0.25) is 11.8 Å². The number of hydrogen-bond acceptors (Lipinski definition) is 6. The van der Waals surface area contributed by atoms with E-state index in [1.807, 2.05) is 24.3 Å². The van der Waals surface area contributed by atoms with Gasteiger partial charge in [0, 0.05) is 49.6 Å². The van der Waals surface area contributed by atoms with Crippen LogP contribution in [0.5, 0.6) is 5.75 Å². The van der Waals surface area contributed by atoms with Gasteiger partial charge in [0.05, 0.1) is 12.2 Å². The molecule has 2 aromatic rings. The summed E-state index contributed by atoms with van der Waals surface area (Å²) in [4.78, 5) is 40.6. The molecule has 4 heterocycles. The number of nitrogens with one attached hydrogen (secondary N) is 1. The highest BCUT2D eigenvalue weighted by Gasteiger charge is 2.39. The van der Waals surface area contributed by atoms with Gasteiger partial charge in [0.15, 0.2) is 0 Å². The Bertz CT molecular complexity index is 1360. The first-order chi connectivity index (χ1) is 18.6. The highest BCUT2D eigenvalue weighted by Crippen LogP contribution is 2.37. The van der Waals surface area contributed by atoms with Crippen molar-refractivity contribution in [2.75, 3.05) is 26.2 Å². The van der Waals surface area contributed by atoms with E-state index in [1.165, 1.54) is 16.7 Å². The lowest BCUT2D eigenvalue weighted by atomic mass is 9.87. The lowest BCUT2D eigenvalue weighted by Gasteiger charge is -2.42. The Kier molecular flexibility index (Phi) is 6.73. The van der Waals surface area contributed by atoms with Crippen LogP contribution in [-0.2, 0) is 20.9 Å². The second kappa shape index (κ2) is 10.1. The van der Waals surface area contributed by atoms with Crippen molar-refractivity contribution in [1.29, 1.82) is 0 Å².